The van der Waals surface area contributed by atoms with E-state index in [1.165, 1.54) is 17.0 Å². The summed E-state index contributed by atoms with van der Waals surface area (Å²) < 4.78 is 23.9. The zero-order chi connectivity index (χ0) is 15.7. The second-order valence-electron chi connectivity index (χ2n) is 5.05. The highest BCUT2D eigenvalue weighted by molar-refractivity contribution is 7.90. The summed E-state index contributed by atoms with van der Waals surface area (Å²) in [4.78, 5) is 8.39. The topological polar surface area (TPSA) is 72.0 Å². The fourth-order valence-corrected chi connectivity index (χ4v) is 3.55. The van der Waals surface area contributed by atoms with E-state index in [4.69, 9.17) is 0 Å². The van der Waals surface area contributed by atoms with Gasteiger partial charge in [0.25, 0.3) is 0 Å². The van der Waals surface area contributed by atoms with Crippen molar-refractivity contribution in [1.82, 2.24) is 9.97 Å². The predicted octanol–water partition coefficient (Wildman–Crippen LogP) is 3.02. The molecule has 1 N–H and O–H groups in total. The second kappa shape index (κ2) is 5.66. The van der Waals surface area contributed by atoms with E-state index < -0.39 is 9.84 Å². The predicted molar refractivity (Wildman–Crippen MR) is 89.0 cm³/mol. The molecule has 1 aromatic carbocycles. The Balaban J connectivity index is 1.73. The number of pyridine rings is 1. The zero-order valence-electron chi connectivity index (χ0n) is 12.2. The van der Waals surface area contributed by atoms with Crippen molar-refractivity contribution in [2.75, 3.05) is 11.6 Å². The quantitative estimate of drug-likeness (QED) is 0.794. The van der Waals surface area contributed by atoms with Gasteiger partial charge in [-0.15, -0.1) is 11.3 Å². The summed E-state index contributed by atoms with van der Waals surface area (Å²) in [6.07, 6.45) is 2.68. The SMILES string of the molecule is Cc1nc2ccc(CNc3ccc(S(C)(=O)=O)nc3)cc2s1. The molecule has 3 aromatic rings. The molecule has 114 valence electrons. The molecule has 0 atom stereocenters. The smallest absolute Gasteiger partial charge is 0.192 e. The number of thiazole rings is 1. The molecule has 0 unspecified atom stereocenters. The Bertz CT molecular complexity index is 916. The molecule has 5 nitrogen and oxygen atoms in total. The van der Waals surface area contributed by atoms with Gasteiger partial charge in [0.2, 0.25) is 0 Å². The van der Waals surface area contributed by atoms with E-state index in [2.05, 4.69) is 21.4 Å². The number of rotatable bonds is 4. The Morgan fingerprint density at radius 2 is 2.05 bits per heavy atom. The van der Waals surface area contributed by atoms with Crippen molar-refractivity contribution in [3.63, 3.8) is 0 Å². The number of benzene rings is 1. The Labute approximate surface area is 133 Å². The van der Waals surface area contributed by atoms with Gasteiger partial charge in [-0.1, -0.05) is 6.07 Å². The van der Waals surface area contributed by atoms with Gasteiger partial charge >= 0.3 is 0 Å². The molecule has 0 radical (unpaired) electrons. The third-order valence-corrected chi connectivity index (χ3v) is 5.11. The highest BCUT2D eigenvalue weighted by Crippen LogP contribution is 2.23. The molecule has 0 aliphatic carbocycles. The lowest BCUT2D eigenvalue weighted by Gasteiger charge is -2.06. The summed E-state index contributed by atoms with van der Waals surface area (Å²) in [6, 6.07) is 9.39. The van der Waals surface area contributed by atoms with Crippen LogP contribution in [0.25, 0.3) is 10.2 Å². The van der Waals surface area contributed by atoms with Crippen molar-refractivity contribution in [1.29, 1.82) is 0 Å². The first-order valence-corrected chi connectivity index (χ1v) is 9.39. The van der Waals surface area contributed by atoms with Gasteiger partial charge in [-0.05, 0) is 36.8 Å². The molecule has 3 rings (SSSR count). The molecule has 22 heavy (non-hydrogen) atoms. The van der Waals surface area contributed by atoms with E-state index >= 15 is 0 Å². The lowest BCUT2D eigenvalue weighted by molar-refractivity contribution is 0.598. The van der Waals surface area contributed by atoms with Crippen molar-refractivity contribution >= 4 is 37.1 Å². The van der Waals surface area contributed by atoms with Crippen LogP contribution < -0.4 is 5.32 Å². The third kappa shape index (κ3) is 3.26. The first kappa shape index (κ1) is 14.9. The van der Waals surface area contributed by atoms with E-state index in [9.17, 15) is 8.42 Å². The molecule has 0 saturated carbocycles. The van der Waals surface area contributed by atoms with Crippen LogP contribution in [0.3, 0.4) is 0 Å². The van der Waals surface area contributed by atoms with E-state index in [0.717, 1.165) is 28.0 Å². The number of sulfone groups is 1. The molecule has 0 bridgehead atoms. The van der Waals surface area contributed by atoms with Crippen LogP contribution in [0.5, 0.6) is 0 Å². The molecule has 0 aliphatic rings. The molecule has 7 heteroatoms. The minimum Gasteiger partial charge on any atom is -0.380 e. The first-order chi connectivity index (χ1) is 10.4. The van der Waals surface area contributed by atoms with Crippen molar-refractivity contribution in [3.8, 4) is 0 Å². The molecule has 0 aliphatic heterocycles. The minimum absolute atomic E-state index is 0.0830. The summed E-state index contributed by atoms with van der Waals surface area (Å²) >= 11 is 1.67. The molecular formula is C15H15N3O2S2. The van der Waals surface area contributed by atoms with Crippen LogP contribution in [-0.4, -0.2) is 24.6 Å². The molecule has 0 spiro atoms. The summed E-state index contributed by atoms with van der Waals surface area (Å²) in [5, 5.41) is 4.38. The van der Waals surface area contributed by atoms with Crippen LogP contribution in [0.4, 0.5) is 5.69 Å². The second-order valence-corrected chi connectivity index (χ2v) is 8.24. The van der Waals surface area contributed by atoms with E-state index in [0.29, 0.717) is 6.54 Å². The van der Waals surface area contributed by atoms with Gasteiger partial charge in [0.15, 0.2) is 14.9 Å². The Hall–Kier alpha value is -1.99. The van der Waals surface area contributed by atoms with E-state index in [-0.39, 0.29) is 5.03 Å². The molecule has 2 heterocycles. The highest BCUT2D eigenvalue weighted by Gasteiger charge is 2.08. The molecule has 0 fully saturated rings. The van der Waals surface area contributed by atoms with Crippen molar-refractivity contribution in [2.45, 2.75) is 18.5 Å². The average Bonchev–Trinajstić information content (AvgIpc) is 2.84. The lowest BCUT2D eigenvalue weighted by Crippen LogP contribution is -2.03. The number of anilines is 1. The summed E-state index contributed by atoms with van der Waals surface area (Å²) in [6.45, 7) is 2.64. The van der Waals surface area contributed by atoms with Gasteiger partial charge in [-0.3, -0.25) is 0 Å². The van der Waals surface area contributed by atoms with E-state index in [1.807, 2.05) is 19.1 Å². The van der Waals surface area contributed by atoms with Gasteiger partial charge in [0.05, 0.1) is 27.1 Å². The summed E-state index contributed by atoms with van der Waals surface area (Å²) in [5.74, 6) is 0. The number of nitrogens with one attached hydrogen (secondary N) is 1. The van der Waals surface area contributed by atoms with Crippen LogP contribution in [0.2, 0.25) is 0 Å². The standard InChI is InChI=1S/C15H15N3O2S2/c1-10-18-13-5-3-11(7-14(13)21-10)8-16-12-4-6-15(17-9-12)22(2,19)20/h3-7,9,16H,8H2,1-2H3. The van der Waals surface area contributed by atoms with Crippen LogP contribution in [0.15, 0.2) is 41.6 Å². The number of aryl methyl sites for hydroxylation is 1. The fraction of sp³-hybridized carbons (Fsp3) is 0.200. The number of hydrogen-bond acceptors (Lipinski definition) is 6. The van der Waals surface area contributed by atoms with E-state index in [1.54, 1.807) is 17.4 Å². The maximum atomic E-state index is 11.4. The zero-order valence-corrected chi connectivity index (χ0v) is 13.8. The molecule has 2 aromatic heterocycles. The molecule has 0 amide bonds. The average molecular weight is 333 g/mol. The third-order valence-electron chi connectivity index (χ3n) is 3.17. The van der Waals surface area contributed by atoms with Crippen molar-refractivity contribution < 1.29 is 8.42 Å². The molecule has 0 saturated heterocycles. The molecular weight excluding hydrogens is 318 g/mol. The number of hydrogen-bond donors (Lipinski definition) is 1. The number of aromatic nitrogens is 2. The van der Waals surface area contributed by atoms with Crippen LogP contribution >= 0.6 is 11.3 Å². The Morgan fingerprint density at radius 1 is 1.23 bits per heavy atom. The van der Waals surface area contributed by atoms with Crippen molar-refractivity contribution in [2.24, 2.45) is 0 Å². The maximum absolute atomic E-state index is 11.4. The van der Waals surface area contributed by atoms with Gasteiger partial charge in [0.1, 0.15) is 0 Å². The summed E-state index contributed by atoms with van der Waals surface area (Å²) in [7, 11) is -3.25. The summed E-state index contributed by atoms with van der Waals surface area (Å²) in [5.41, 5.74) is 2.95. The number of nitrogens with zero attached hydrogens (tertiary/aromatic N) is 2. The Kier molecular flexibility index (Phi) is 3.84. The van der Waals surface area contributed by atoms with Crippen molar-refractivity contribution in [3.05, 3.63) is 47.1 Å². The van der Waals surface area contributed by atoms with Crippen LogP contribution in [0, 0.1) is 6.92 Å². The van der Waals surface area contributed by atoms with Gasteiger partial charge in [0, 0.05) is 12.8 Å². The van der Waals surface area contributed by atoms with Crippen LogP contribution in [-0.2, 0) is 16.4 Å². The minimum atomic E-state index is -3.25. The van der Waals surface area contributed by atoms with Gasteiger partial charge in [-0.25, -0.2) is 18.4 Å². The number of fused-ring (bicyclic) bond motifs is 1. The lowest BCUT2D eigenvalue weighted by atomic mass is 10.2. The normalized spacial score (nSPS) is 11.7. The largest absolute Gasteiger partial charge is 0.380 e. The van der Waals surface area contributed by atoms with Crippen LogP contribution in [0.1, 0.15) is 10.6 Å². The fourth-order valence-electron chi connectivity index (χ4n) is 2.10. The van der Waals surface area contributed by atoms with Gasteiger partial charge < -0.3 is 5.32 Å². The first-order valence-electron chi connectivity index (χ1n) is 6.68. The highest BCUT2D eigenvalue weighted by atomic mass is 32.2. The Morgan fingerprint density at radius 3 is 2.73 bits per heavy atom. The maximum Gasteiger partial charge on any atom is 0.192 e. The van der Waals surface area contributed by atoms with Gasteiger partial charge in [-0.2, -0.15) is 0 Å². The monoisotopic (exact) mass is 333 g/mol.